The highest BCUT2D eigenvalue weighted by molar-refractivity contribution is 7.99. The van der Waals surface area contributed by atoms with Crippen LogP contribution < -0.4 is 5.32 Å². The van der Waals surface area contributed by atoms with E-state index in [1.807, 2.05) is 24.0 Å². The Kier molecular flexibility index (Phi) is 4.29. The van der Waals surface area contributed by atoms with Crippen molar-refractivity contribution in [1.82, 2.24) is 10.3 Å². The van der Waals surface area contributed by atoms with Gasteiger partial charge in [0.25, 0.3) is 0 Å². The Hall–Kier alpha value is -0.250. The number of hydrogen-bond donors (Lipinski definition) is 1. The van der Waals surface area contributed by atoms with E-state index in [1.165, 1.54) is 24.9 Å². The number of hydrogen-bond acceptors (Lipinski definition) is 3. The minimum absolute atomic E-state index is 0.572. The van der Waals surface area contributed by atoms with Crippen LogP contribution in [-0.4, -0.2) is 23.3 Å². The van der Waals surface area contributed by atoms with Crippen LogP contribution in [0.25, 0.3) is 0 Å². The number of rotatable bonds is 3. The zero-order valence-electron chi connectivity index (χ0n) is 8.58. The lowest BCUT2D eigenvalue weighted by Gasteiger charge is -2.22. The topological polar surface area (TPSA) is 24.9 Å². The summed E-state index contributed by atoms with van der Waals surface area (Å²) in [7, 11) is 0. The van der Waals surface area contributed by atoms with Crippen LogP contribution >= 0.6 is 23.4 Å². The molecule has 82 valence electrons. The molecule has 1 atom stereocenters. The standard InChI is InChI=1S/C11H15ClN2S/c12-11-4-3-9(6-14-11)8-15-10-2-1-5-13-7-10/h3-4,6,10,13H,1-2,5,7-8H2/t10-/m1/s1. The number of halogens is 1. The van der Waals surface area contributed by atoms with Gasteiger partial charge in [-0.3, -0.25) is 0 Å². The fraction of sp³-hybridized carbons (Fsp3) is 0.545. The Labute approximate surface area is 99.8 Å². The molecule has 2 rings (SSSR count). The second-order valence-electron chi connectivity index (χ2n) is 3.77. The minimum atomic E-state index is 0.572. The largest absolute Gasteiger partial charge is 0.316 e. The van der Waals surface area contributed by atoms with Crippen LogP contribution in [0.3, 0.4) is 0 Å². The highest BCUT2D eigenvalue weighted by atomic mass is 35.5. The van der Waals surface area contributed by atoms with Crippen LogP contribution in [0.2, 0.25) is 5.15 Å². The first-order valence-corrected chi connectivity index (χ1v) is 6.70. The molecule has 1 fully saturated rings. The van der Waals surface area contributed by atoms with Gasteiger partial charge in [0.2, 0.25) is 0 Å². The lowest BCUT2D eigenvalue weighted by atomic mass is 10.2. The SMILES string of the molecule is Clc1ccc(CS[C@@H]2CCCNC2)cn1. The molecule has 1 N–H and O–H groups in total. The third kappa shape index (κ3) is 3.67. The molecule has 2 heterocycles. The van der Waals surface area contributed by atoms with E-state index in [2.05, 4.69) is 16.4 Å². The molecule has 1 aliphatic heterocycles. The number of nitrogens with one attached hydrogen (secondary N) is 1. The van der Waals surface area contributed by atoms with Gasteiger partial charge in [-0.1, -0.05) is 17.7 Å². The van der Waals surface area contributed by atoms with E-state index in [9.17, 15) is 0 Å². The summed E-state index contributed by atoms with van der Waals surface area (Å²) < 4.78 is 0. The molecular weight excluding hydrogens is 228 g/mol. The van der Waals surface area contributed by atoms with E-state index in [4.69, 9.17) is 11.6 Å². The molecule has 0 saturated carbocycles. The number of nitrogens with zero attached hydrogens (tertiary/aromatic N) is 1. The van der Waals surface area contributed by atoms with Crippen molar-refractivity contribution in [1.29, 1.82) is 0 Å². The molecule has 0 amide bonds. The average Bonchev–Trinajstić information content (AvgIpc) is 2.30. The predicted octanol–water partition coefficient (Wildman–Crippen LogP) is 2.72. The van der Waals surface area contributed by atoms with Gasteiger partial charge in [-0.05, 0) is 31.0 Å². The van der Waals surface area contributed by atoms with E-state index in [1.54, 1.807) is 0 Å². The summed E-state index contributed by atoms with van der Waals surface area (Å²) in [6.07, 6.45) is 4.50. The van der Waals surface area contributed by atoms with Gasteiger partial charge in [0.05, 0.1) is 0 Å². The monoisotopic (exact) mass is 242 g/mol. The van der Waals surface area contributed by atoms with Crippen LogP contribution in [0.4, 0.5) is 0 Å². The highest BCUT2D eigenvalue weighted by Crippen LogP contribution is 2.22. The van der Waals surface area contributed by atoms with Crippen LogP contribution in [0.15, 0.2) is 18.3 Å². The maximum atomic E-state index is 5.73. The summed E-state index contributed by atoms with van der Waals surface area (Å²) in [6.45, 7) is 2.32. The van der Waals surface area contributed by atoms with Crippen molar-refractivity contribution in [3.63, 3.8) is 0 Å². The van der Waals surface area contributed by atoms with Crippen LogP contribution in [0, 0.1) is 0 Å². The van der Waals surface area contributed by atoms with Gasteiger partial charge < -0.3 is 5.32 Å². The Morgan fingerprint density at radius 2 is 2.47 bits per heavy atom. The minimum Gasteiger partial charge on any atom is -0.316 e. The number of piperidine rings is 1. The summed E-state index contributed by atoms with van der Waals surface area (Å²) in [6, 6.07) is 3.91. The van der Waals surface area contributed by atoms with Crippen LogP contribution in [-0.2, 0) is 5.75 Å². The van der Waals surface area contributed by atoms with E-state index >= 15 is 0 Å². The zero-order chi connectivity index (χ0) is 10.5. The van der Waals surface area contributed by atoms with E-state index < -0.39 is 0 Å². The maximum absolute atomic E-state index is 5.73. The van der Waals surface area contributed by atoms with Gasteiger partial charge in [0, 0.05) is 23.7 Å². The molecule has 2 nitrogen and oxygen atoms in total. The molecule has 0 unspecified atom stereocenters. The van der Waals surface area contributed by atoms with Gasteiger partial charge in [-0.15, -0.1) is 0 Å². The van der Waals surface area contributed by atoms with Gasteiger partial charge >= 0.3 is 0 Å². The summed E-state index contributed by atoms with van der Waals surface area (Å²) in [5.41, 5.74) is 1.26. The summed E-state index contributed by atoms with van der Waals surface area (Å²) >= 11 is 7.74. The van der Waals surface area contributed by atoms with Crippen molar-refractivity contribution in [3.05, 3.63) is 29.0 Å². The molecule has 0 aromatic carbocycles. The average molecular weight is 243 g/mol. The van der Waals surface area contributed by atoms with Crippen molar-refractivity contribution >= 4 is 23.4 Å². The van der Waals surface area contributed by atoms with Crippen molar-refractivity contribution in [3.8, 4) is 0 Å². The molecule has 0 spiro atoms. The van der Waals surface area contributed by atoms with Crippen molar-refractivity contribution in [2.45, 2.75) is 23.8 Å². The second-order valence-corrected chi connectivity index (χ2v) is 5.44. The van der Waals surface area contributed by atoms with Gasteiger partial charge in [0.15, 0.2) is 0 Å². The first-order valence-electron chi connectivity index (χ1n) is 5.27. The molecule has 1 aromatic rings. The normalized spacial score (nSPS) is 21.5. The number of pyridine rings is 1. The molecule has 1 saturated heterocycles. The summed E-state index contributed by atoms with van der Waals surface area (Å²) in [5, 5.41) is 4.75. The zero-order valence-corrected chi connectivity index (χ0v) is 10.2. The lowest BCUT2D eigenvalue weighted by Crippen LogP contribution is -2.31. The predicted molar refractivity (Wildman–Crippen MR) is 66.4 cm³/mol. The van der Waals surface area contributed by atoms with E-state index in [-0.39, 0.29) is 0 Å². The molecule has 0 bridgehead atoms. The first kappa shape index (κ1) is 11.2. The van der Waals surface area contributed by atoms with Crippen molar-refractivity contribution < 1.29 is 0 Å². The molecule has 4 heteroatoms. The van der Waals surface area contributed by atoms with Gasteiger partial charge in [0.1, 0.15) is 5.15 Å². The Morgan fingerprint density at radius 1 is 1.53 bits per heavy atom. The van der Waals surface area contributed by atoms with E-state index in [0.29, 0.717) is 5.15 Å². The molecule has 0 aliphatic carbocycles. The molecule has 1 aliphatic rings. The lowest BCUT2D eigenvalue weighted by molar-refractivity contribution is 0.531. The van der Waals surface area contributed by atoms with Crippen molar-refractivity contribution in [2.75, 3.05) is 13.1 Å². The highest BCUT2D eigenvalue weighted by Gasteiger charge is 2.12. The second kappa shape index (κ2) is 5.73. The van der Waals surface area contributed by atoms with Gasteiger partial charge in [-0.25, -0.2) is 4.98 Å². The molecule has 15 heavy (non-hydrogen) atoms. The molecule has 0 radical (unpaired) electrons. The maximum Gasteiger partial charge on any atom is 0.129 e. The third-order valence-electron chi connectivity index (χ3n) is 2.53. The fourth-order valence-corrected chi connectivity index (χ4v) is 2.95. The van der Waals surface area contributed by atoms with E-state index in [0.717, 1.165) is 17.5 Å². The smallest absolute Gasteiger partial charge is 0.129 e. The summed E-state index contributed by atoms with van der Waals surface area (Å²) in [4.78, 5) is 4.08. The Balaban J connectivity index is 1.79. The van der Waals surface area contributed by atoms with Crippen molar-refractivity contribution in [2.24, 2.45) is 0 Å². The fourth-order valence-electron chi connectivity index (χ4n) is 1.67. The summed E-state index contributed by atoms with van der Waals surface area (Å²) in [5.74, 6) is 1.04. The Morgan fingerprint density at radius 3 is 3.13 bits per heavy atom. The van der Waals surface area contributed by atoms with Crippen LogP contribution in [0.5, 0.6) is 0 Å². The first-order chi connectivity index (χ1) is 7.34. The van der Waals surface area contributed by atoms with Crippen LogP contribution in [0.1, 0.15) is 18.4 Å². The number of aromatic nitrogens is 1. The Bertz CT molecular complexity index is 296. The third-order valence-corrected chi connectivity index (χ3v) is 4.12. The van der Waals surface area contributed by atoms with Gasteiger partial charge in [-0.2, -0.15) is 11.8 Å². The quantitative estimate of drug-likeness (QED) is 0.826. The molecule has 1 aromatic heterocycles. The number of thioether (sulfide) groups is 1. The molecular formula is C11H15ClN2S.